The Balaban J connectivity index is 2.37. The first kappa shape index (κ1) is 14.1. The van der Waals surface area contributed by atoms with Gasteiger partial charge in [0.05, 0.1) is 6.61 Å². The summed E-state index contributed by atoms with van der Waals surface area (Å²) in [6.07, 6.45) is 2.20. The van der Waals surface area contributed by atoms with Crippen molar-refractivity contribution in [3.8, 4) is 5.75 Å². The lowest BCUT2D eigenvalue weighted by Crippen LogP contribution is -2.04. The topological polar surface area (TPSA) is 9.23 Å². The molecular formula is C12H15BrCl2O. The fourth-order valence-electron chi connectivity index (χ4n) is 1.32. The zero-order valence-electron chi connectivity index (χ0n) is 9.18. The quantitative estimate of drug-likeness (QED) is 0.654. The summed E-state index contributed by atoms with van der Waals surface area (Å²) in [5.41, 5.74) is 0. The van der Waals surface area contributed by atoms with Gasteiger partial charge in [-0.1, -0.05) is 46.1 Å². The Morgan fingerprint density at radius 3 is 2.38 bits per heavy atom. The fourth-order valence-corrected chi connectivity index (χ4v) is 2.61. The second-order valence-corrected chi connectivity index (χ2v) is 5.49. The Hall–Kier alpha value is 0.0800. The molecule has 1 nitrogen and oxygen atoms in total. The van der Waals surface area contributed by atoms with Gasteiger partial charge in [0.15, 0.2) is 0 Å². The first-order valence-electron chi connectivity index (χ1n) is 5.26. The van der Waals surface area contributed by atoms with Crippen molar-refractivity contribution >= 4 is 39.1 Å². The molecule has 0 aliphatic carbocycles. The van der Waals surface area contributed by atoms with Crippen molar-refractivity contribution in [1.29, 1.82) is 0 Å². The molecule has 0 radical (unpaired) electrons. The molecule has 0 saturated carbocycles. The SMILES string of the molecule is CC(CCBr)CCOc1cc(Cl)cc(Cl)c1. The van der Waals surface area contributed by atoms with Gasteiger partial charge in [0, 0.05) is 15.4 Å². The lowest BCUT2D eigenvalue weighted by atomic mass is 10.1. The average Bonchev–Trinajstić information content (AvgIpc) is 2.16. The van der Waals surface area contributed by atoms with Gasteiger partial charge in [-0.15, -0.1) is 0 Å². The van der Waals surface area contributed by atoms with Crippen molar-refractivity contribution in [1.82, 2.24) is 0 Å². The lowest BCUT2D eigenvalue weighted by molar-refractivity contribution is 0.282. The number of ether oxygens (including phenoxy) is 1. The van der Waals surface area contributed by atoms with Gasteiger partial charge in [-0.3, -0.25) is 0 Å². The van der Waals surface area contributed by atoms with Crippen LogP contribution in [0.3, 0.4) is 0 Å². The van der Waals surface area contributed by atoms with E-state index in [-0.39, 0.29) is 0 Å². The van der Waals surface area contributed by atoms with Gasteiger partial charge < -0.3 is 4.74 Å². The van der Waals surface area contributed by atoms with E-state index in [0.29, 0.717) is 22.6 Å². The van der Waals surface area contributed by atoms with Crippen LogP contribution < -0.4 is 4.74 Å². The van der Waals surface area contributed by atoms with Crippen LogP contribution in [0.15, 0.2) is 18.2 Å². The molecular weight excluding hydrogens is 311 g/mol. The van der Waals surface area contributed by atoms with E-state index in [9.17, 15) is 0 Å². The van der Waals surface area contributed by atoms with Gasteiger partial charge in [-0.2, -0.15) is 0 Å². The number of hydrogen-bond acceptors (Lipinski definition) is 1. The van der Waals surface area contributed by atoms with Gasteiger partial charge in [0.25, 0.3) is 0 Å². The monoisotopic (exact) mass is 324 g/mol. The molecule has 0 aliphatic heterocycles. The summed E-state index contributed by atoms with van der Waals surface area (Å²) in [5, 5.41) is 2.25. The summed E-state index contributed by atoms with van der Waals surface area (Å²) in [7, 11) is 0. The van der Waals surface area contributed by atoms with Gasteiger partial charge in [-0.05, 0) is 37.0 Å². The molecule has 1 aromatic rings. The van der Waals surface area contributed by atoms with Crippen LogP contribution in [0.25, 0.3) is 0 Å². The summed E-state index contributed by atoms with van der Waals surface area (Å²) >= 11 is 15.2. The molecule has 0 amide bonds. The van der Waals surface area contributed by atoms with Crippen LogP contribution in [0.4, 0.5) is 0 Å². The van der Waals surface area contributed by atoms with Crippen molar-refractivity contribution in [3.05, 3.63) is 28.2 Å². The molecule has 16 heavy (non-hydrogen) atoms. The maximum absolute atomic E-state index is 5.87. The van der Waals surface area contributed by atoms with E-state index in [1.165, 1.54) is 6.42 Å². The van der Waals surface area contributed by atoms with Gasteiger partial charge >= 0.3 is 0 Å². The summed E-state index contributed by atoms with van der Waals surface area (Å²) in [6.45, 7) is 2.92. The zero-order chi connectivity index (χ0) is 12.0. The maximum atomic E-state index is 5.87. The molecule has 1 rings (SSSR count). The normalized spacial score (nSPS) is 12.5. The standard InChI is InChI=1S/C12H15BrCl2O/c1-9(2-4-13)3-5-16-12-7-10(14)6-11(15)8-12/h6-9H,2-5H2,1H3. The minimum Gasteiger partial charge on any atom is -0.493 e. The molecule has 1 aromatic carbocycles. The van der Waals surface area contributed by atoms with E-state index in [4.69, 9.17) is 27.9 Å². The number of hydrogen-bond donors (Lipinski definition) is 0. The van der Waals surface area contributed by atoms with Crippen molar-refractivity contribution < 1.29 is 4.74 Å². The van der Waals surface area contributed by atoms with Gasteiger partial charge in [0.1, 0.15) is 5.75 Å². The molecule has 0 heterocycles. The highest BCUT2D eigenvalue weighted by Gasteiger charge is 2.03. The third kappa shape index (κ3) is 5.42. The second-order valence-electron chi connectivity index (χ2n) is 3.83. The Labute approximate surface area is 115 Å². The van der Waals surface area contributed by atoms with E-state index in [1.54, 1.807) is 18.2 Å². The molecule has 0 bridgehead atoms. The summed E-state index contributed by atoms with van der Waals surface area (Å²) < 4.78 is 5.60. The van der Waals surface area contributed by atoms with E-state index in [2.05, 4.69) is 22.9 Å². The van der Waals surface area contributed by atoms with Crippen LogP contribution in [0.2, 0.25) is 10.0 Å². The predicted octanol–water partition coefficient (Wildman–Crippen LogP) is 5.18. The Kier molecular flexibility index (Phi) is 6.55. The number of alkyl halides is 1. The smallest absolute Gasteiger partial charge is 0.122 e. The van der Waals surface area contributed by atoms with Crippen LogP contribution in [0.5, 0.6) is 5.75 Å². The first-order chi connectivity index (χ1) is 7.61. The van der Waals surface area contributed by atoms with Crippen molar-refractivity contribution in [3.63, 3.8) is 0 Å². The molecule has 0 saturated heterocycles. The summed E-state index contributed by atoms with van der Waals surface area (Å²) in [6, 6.07) is 5.26. The summed E-state index contributed by atoms with van der Waals surface area (Å²) in [4.78, 5) is 0. The van der Waals surface area contributed by atoms with Crippen molar-refractivity contribution in [2.75, 3.05) is 11.9 Å². The molecule has 1 atom stereocenters. The second kappa shape index (κ2) is 7.41. The predicted molar refractivity (Wildman–Crippen MR) is 74.1 cm³/mol. The first-order valence-corrected chi connectivity index (χ1v) is 7.14. The third-order valence-corrected chi connectivity index (χ3v) is 3.21. The van der Waals surface area contributed by atoms with Crippen LogP contribution in [-0.2, 0) is 0 Å². The molecule has 0 fully saturated rings. The average molecular weight is 326 g/mol. The van der Waals surface area contributed by atoms with Gasteiger partial charge in [0.2, 0.25) is 0 Å². The Bertz CT molecular complexity index is 311. The summed E-state index contributed by atoms with van der Waals surface area (Å²) in [5.74, 6) is 1.40. The third-order valence-electron chi connectivity index (χ3n) is 2.32. The van der Waals surface area contributed by atoms with E-state index in [0.717, 1.165) is 17.5 Å². The highest BCUT2D eigenvalue weighted by molar-refractivity contribution is 9.09. The van der Waals surface area contributed by atoms with E-state index in [1.807, 2.05) is 0 Å². The molecule has 0 aliphatic rings. The van der Waals surface area contributed by atoms with Gasteiger partial charge in [-0.25, -0.2) is 0 Å². The molecule has 0 N–H and O–H groups in total. The van der Waals surface area contributed by atoms with E-state index < -0.39 is 0 Å². The van der Waals surface area contributed by atoms with E-state index >= 15 is 0 Å². The molecule has 0 aromatic heterocycles. The number of halogens is 3. The number of benzene rings is 1. The molecule has 90 valence electrons. The Morgan fingerprint density at radius 2 is 1.81 bits per heavy atom. The minimum absolute atomic E-state index is 0.607. The fraction of sp³-hybridized carbons (Fsp3) is 0.500. The maximum Gasteiger partial charge on any atom is 0.122 e. The molecule has 0 spiro atoms. The van der Waals surface area contributed by atoms with Crippen LogP contribution >= 0.6 is 39.1 Å². The highest BCUT2D eigenvalue weighted by atomic mass is 79.9. The lowest BCUT2D eigenvalue weighted by Gasteiger charge is -2.11. The van der Waals surface area contributed by atoms with Crippen LogP contribution in [0, 0.1) is 5.92 Å². The molecule has 1 unspecified atom stereocenters. The highest BCUT2D eigenvalue weighted by Crippen LogP contribution is 2.24. The Morgan fingerprint density at radius 1 is 1.19 bits per heavy atom. The minimum atomic E-state index is 0.607. The molecule has 4 heteroatoms. The number of rotatable bonds is 6. The van der Waals surface area contributed by atoms with Crippen molar-refractivity contribution in [2.24, 2.45) is 5.92 Å². The van der Waals surface area contributed by atoms with Crippen molar-refractivity contribution in [2.45, 2.75) is 19.8 Å². The largest absolute Gasteiger partial charge is 0.493 e. The van der Waals surface area contributed by atoms with Crippen LogP contribution in [0.1, 0.15) is 19.8 Å². The van der Waals surface area contributed by atoms with Crippen LogP contribution in [-0.4, -0.2) is 11.9 Å². The zero-order valence-corrected chi connectivity index (χ0v) is 12.3.